The molecule has 2 rings (SSSR count). The highest BCUT2D eigenvalue weighted by Gasteiger charge is 2.07. The molecule has 0 fully saturated rings. The van der Waals surface area contributed by atoms with Crippen molar-refractivity contribution in [3.05, 3.63) is 21.0 Å². The van der Waals surface area contributed by atoms with Gasteiger partial charge in [0.25, 0.3) is 5.56 Å². The van der Waals surface area contributed by atoms with Crippen molar-refractivity contribution in [1.82, 2.24) is 20.0 Å². The Hall–Kier alpha value is -1.17. The number of halogens is 1. The van der Waals surface area contributed by atoms with Gasteiger partial charge in [-0.05, 0) is 15.9 Å². The number of rotatable bonds is 0. The minimum absolute atomic E-state index is 0.151. The fraction of sp³-hybridized carbons (Fsp3) is 0.167. The molecule has 2 heterocycles. The van der Waals surface area contributed by atoms with Gasteiger partial charge in [-0.2, -0.15) is 15.4 Å². The zero-order valence-electron chi connectivity index (χ0n) is 6.21. The summed E-state index contributed by atoms with van der Waals surface area (Å²) in [5.41, 5.74) is 0.770. The van der Waals surface area contributed by atoms with Crippen molar-refractivity contribution in [1.29, 1.82) is 0 Å². The minimum Gasteiger partial charge on any atom is -0.315 e. The van der Waals surface area contributed by atoms with E-state index < -0.39 is 0 Å². The number of aryl methyl sites for hydroxylation is 1. The molecule has 2 aromatic heterocycles. The van der Waals surface area contributed by atoms with Gasteiger partial charge in [0.1, 0.15) is 5.52 Å². The van der Waals surface area contributed by atoms with Crippen LogP contribution in [0.25, 0.3) is 11.0 Å². The Labute approximate surface area is 75.5 Å². The van der Waals surface area contributed by atoms with Crippen LogP contribution in [0.2, 0.25) is 0 Å². The smallest absolute Gasteiger partial charge is 0.280 e. The number of nitrogens with one attached hydrogen (secondary N) is 1. The molecule has 0 bridgehead atoms. The summed E-state index contributed by atoms with van der Waals surface area (Å²) in [5.74, 6) is 0. The Bertz CT molecular complexity index is 486. The molecule has 0 unspecified atom stereocenters. The maximum Gasteiger partial charge on any atom is 0.280 e. The molecule has 0 saturated carbocycles. The number of aromatic nitrogens is 4. The van der Waals surface area contributed by atoms with Gasteiger partial charge in [-0.25, -0.2) is 0 Å². The molecular formula is C6H5BrN4O. The average Bonchev–Trinajstić information content (AvgIpc) is 2.48. The minimum atomic E-state index is -0.151. The van der Waals surface area contributed by atoms with Crippen LogP contribution in [-0.4, -0.2) is 20.0 Å². The number of nitrogens with zero attached hydrogens (tertiary/aromatic N) is 3. The van der Waals surface area contributed by atoms with Gasteiger partial charge in [0.05, 0.1) is 4.47 Å². The highest BCUT2D eigenvalue weighted by molar-refractivity contribution is 9.10. The van der Waals surface area contributed by atoms with Gasteiger partial charge in [0.15, 0.2) is 5.52 Å². The Kier molecular flexibility index (Phi) is 1.50. The van der Waals surface area contributed by atoms with Crippen molar-refractivity contribution in [2.24, 2.45) is 7.05 Å². The lowest BCUT2D eigenvalue weighted by Crippen LogP contribution is -2.16. The van der Waals surface area contributed by atoms with E-state index in [1.165, 1.54) is 4.57 Å². The third kappa shape index (κ3) is 0.878. The van der Waals surface area contributed by atoms with E-state index in [1.807, 2.05) is 0 Å². The van der Waals surface area contributed by atoms with E-state index in [-0.39, 0.29) is 5.56 Å². The van der Waals surface area contributed by atoms with Gasteiger partial charge in [-0.15, -0.1) is 0 Å². The van der Waals surface area contributed by atoms with Crippen LogP contribution in [0.5, 0.6) is 0 Å². The molecule has 2 aromatic rings. The second-order valence-electron chi connectivity index (χ2n) is 2.41. The normalized spacial score (nSPS) is 10.8. The van der Waals surface area contributed by atoms with Gasteiger partial charge in [-0.3, -0.25) is 4.79 Å². The lowest BCUT2D eigenvalue weighted by atomic mass is 10.4. The van der Waals surface area contributed by atoms with E-state index >= 15 is 0 Å². The second kappa shape index (κ2) is 2.41. The van der Waals surface area contributed by atoms with Crippen molar-refractivity contribution in [3.63, 3.8) is 0 Å². The quantitative estimate of drug-likeness (QED) is 0.711. The van der Waals surface area contributed by atoms with E-state index in [0.29, 0.717) is 11.0 Å². The number of H-pyrrole nitrogens is 1. The Balaban J connectivity index is 3.07. The van der Waals surface area contributed by atoms with Gasteiger partial charge in [0.2, 0.25) is 0 Å². The highest BCUT2D eigenvalue weighted by Crippen LogP contribution is 2.15. The third-order valence-corrected chi connectivity index (χ3v) is 2.18. The van der Waals surface area contributed by atoms with E-state index in [2.05, 4.69) is 31.3 Å². The predicted octanol–water partition coefficient (Wildman–Crippen LogP) is 0.419. The summed E-state index contributed by atoms with van der Waals surface area (Å²) in [4.78, 5) is 11.4. The van der Waals surface area contributed by atoms with E-state index in [1.54, 1.807) is 13.2 Å². The number of hydrogen-bond donors (Lipinski definition) is 1. The largest absolute Gasteiger partial charge is 0.315 e. The molecule has 0 aromatic carbocycles. The Morgan fingerprint density at radius 2 is 2.17 bits per heavy atom. The first-order valence-electron chi connectivity index (χ1n) is 3.26. The number of fused-ring (bicyclic) bond motifs is 1. The molecule has 0 atom stereocenters. The van der Waals surface area contributed by atoms with E-state index in [0.717, 1.165) is 4.47 Å². The second-order valence-corrected chi connectivity index (χ2v) is 3.27. The van der Waals surface area contributed by atoms with E-state index in [9.17, 15) is 4.79 Å². The van der Waals surface area contributed by atoms with Crippen LogP contribution < -0.4 is 5.56 Å². The van der Waals surface area contributed by atoms with Crippen molar-refractivity contribution in [2.45, 2.75) is 0 Å². The Morgan fingerprint density at radius 1 is 1.50 bits per heavy atom. The van der Waals surface area contributed by atoms with Crippen LogP contribution in [0.1, 0.15) is 0 Å². The summed E-state index contributed by atoms with van der Waals surface area (Å²) < 4.78 is 2.21. The monoisotopic (exact) mass is 228 g/mol. The van der Waals surface area contributed by atoms with Crippen molar-refractivity contribution >= 4 is 27.0 Å². The molecule has 1 N–H and O–H groups in total. The van der Waals surface area contributed by atoms with Crippen LogP contribution in [0.4, 0.5) is 0 Å². The maximum absolute atomic E-state index is 11.4. The fourth-order valence-electron chi connectivity index (χ4n) is 1.00. The zero-order valence-corrected chi connectivity index (χ0v) is 7.79. The lowest BCUT2D eigenvalue weighted by molar-refractivity contribution is 0.864. The van der Waals surface area contributed by atoms with Gasteiger partial charge >= 0.3 is 0 Å². The maximum atomic E-state index is 11.4. The predicted molar refractivity (Wildman–Crippen MR) is 46.8 cm³/mol. The molecule has 12 heavy (non-hydrogen) atoms. The molecule has 0 aliphatic carbocycles. The first kappa shape index (κ1) is 7.48. The topological polar surface area (TPSA) is 63.6 Å². The summed E-state index contributed by atoms with van der Waals surface area (Å²) in [6.07, 6.45) is 1.66. The average molecular weight is 229 g/mol. The fourth-order valence-corrected chi connectivity index (χ4v) is 1.59. The van der Waals surface area contributed by atoms with Gasteiger partial charge in [0, 0.05) is 13.2 Å². The molecule has 6 heteroatoms. The van der Waals surface area contributed by atoms with Crippen LogP contribution in [0, 0.1) is 0 Å². The first-order valence-corrected chi connectivity index (χ1v) is 4.05. The molecule has 0 radical (unpaired) electrons. The molecule has 0 spiro atoms. The van der Waals surface area contributed by atoms with Gasteiger partial charge in [-0.1, -0.05) is 0 Å². The number of hydrogen-bond acceptors (Lipinski definition) is 3. The SMILES string of the molecule is Cn1cc(Br)c2n[nH]nc2c1=O. The van der Waals surface area contributed by atoms with Crippen LogP contribution >= 0.6 is 15.9 Å². The van der Waals surface area contributed by atoms with Crippen molar-refractivity contribution in [3.8, 4) is 0 Å². The molecule has 0 amide bonds. The van der Waals surface area contributed by atoms with Crippen LogP contribution in [0.15, 0.2) is 15.5 Å². The van der Waals surface area contributed by atoms with Crippen LogP contribution in [-0.2, 0) is 7.05 Å². The third-order valence-electron chi connectivity index (χ3n) is 1.60. The molecule has 62 valence electrons. The number of pyridine rings is 1. The summed E-state index contributed by atoms with van der Waals surface area (Å²) >= 11 is 3.28. The van der Waals surface area contributed by atoms with Crippen molar-refractivity contribution in [2.75, 3.05) is 0 Å². The molecular weight excluding hydrogens is 224 g/mol. The van der Waals surface area contributed by atoms with E-state index in [4.69, 9.17) is 0 Å². The molecule has 0 saturated heterocycles. The molecule has 0 aliphatic rings. The standard InChI is InChI=1S/C6H5BrN4O/c1-11-2-3(7)4-5(6(11)12)9-10-8-4/h2H,1H3,(H,8,9,10). The molecule has 5 nitrogen and oxygen atoms in total. The van der Waals surface area contributed by atoms with Crippen molar-refractivity contribution < 1.29 is 0 Å². The summed E-state index contributed by atoms with van der Waals surface area (Å²) in [6.45, 7) is 0. The zero-order chi connectivity index (χ0) is 8.72. The Morgan fingerprint density at radius 3 is 2.92 bits per heavy atom. The summed E-state index contributed by atoms with van der Waals surface area (Å²) in [7, 11) is 1.67. The number of aromatic amines is 1. The lowest BCUT2D eigenvalue weighted by Gasteiger charge is -1.96. The highest BCUT2D eigenvalue weighted by atomic mass is 79.9. The summed E-state index contributed by atoms with van der Waals surface area (Å²) in [5, 5.41) is 9.97. The molecule has 0 aliphatic heterocycles. The summed E-state index contributed by atoms with van der Waals surface area (Å²) in [6, 6.07) is 0. The first-order chi connectivity index (χ1) is 5.70. The van der Waals surface area contributed by atoms with Gasteiger partial charge < -0.3 is 4.57 Å². The van der Waals surface area contributed by atoms with Crippen LogP contribution in [0.3, 0.4) is 0 Å².